The number of piperidine rings is 1. The molecule has 7 heteroatoms. The molecule has 0 aromatic carbocycles. The van der Waals surface area contributed by atoms with Crippen molar-refractivity contribution in [2.75, 3.05) is 44.0 Å². The van der Waals surface area contributed by atoms with Gasteiger partial charge in [0, 0.05) is 46.0 Å². The number of nitrogens with one attached hydrogen (secondary N) is 2. The zero-order chi connectivity index (χ0) is 19.9. The minimum Gasteiger partial charge on any atom is -0.363 e. The second-order valence-corrected chi connectivity index (χ2v) is 7.35. The minimum atomic E-state index is 0.410. The van der Waals surface area contributed by atoms with Gasteiger partial charge in [0.25, 0.3) is 0 Å². The van der Waals surface area contributed by atoms with Crippen LogP contribution in [0, 0.1) is 6.92 Å². The van der Waals surface area contributed by atoms with E-state index in [4.69, 9.17) is 0 Å². The predicted octanol–water partition coefficient (Wildman–Crippen LogP) is 2.19. The van der Waals surface area contributed by atoms with Crippen LogP contribution in [-0.2, 0) is 6.54 Å². The summed E-state index contributed by atoms with van der Waals surface area (Å²) in [5.74, 6) is 2.86. The average Bonchev–Trinajstić information content (AvgIpc) is 2.71. The first-order valence-corrected chi connectivity index (χ1v) is 9.84. The molecule has 2 aromatic heterocycles. The summed E-state index contributed by atoms with van der Waals surface area (Å²) in [5.41, 5.74) is 2.06. The summed E-state index contributed by atoms with van der Waals surface area (Å²) < 4.78 is 0. The summed E-state index contributed by atoms with van der Waals surface area (Å²) in [4.78, 5) is 18.0. The van der Waals surface area contributed by atoms with Gasteiger partial charge in [-0.1, -0.05) is 12.1 Å². The van der Waals surface area contributed by atoms with Crippen molar-refractivity contribution in [3.05, 3.63) is 47.8 Å². The van der Waals surface area contributed by atoms with Crippen LogP contribution >= 0.6 is 0 Å². The lowest BCUT2D eigenvalue weighted by atomic mass is 10.1. The fourth-order valence-electron chi connectivity index (χ4n) is 3.33. The van der Waals surface area contributed by atoms with E-state index in [1.165, 1.54) is 0 Å². The average molecular weight is 382 g/mol. The maximum absolute atomic E-state index is 4.64. The van der Waals surface area contributed by atoms with Gasteiger partial charge in [0.05, 0.1) is 12.2 Å². The van der Waals surface area contributed by atoms with Crippen molar-refractivity contribution in [2.24, 2.45) is 4.99 Å². The molecule has 1 fully saturated rings. The first-order valence-electron chi connectivity index (χ1n) is 9.84. The normalized spacial score (nSPS) is 15.4. The van der Waals surface area contributed by atoms with Gasteiger partial charge in [0.1, 0.15) is 11.6 Å². The fraction of sp³-hybridized carbons (Fsp3) is 0.476. The molecule has 0 amide bonds. The Morgan fingerprint density at radius 1 is 1.14 bits per heavy atom. The zero-order valence-electron chi connectivity index (χ0n) is 17.3. The van der Waals surface area contributed by atoms with E-state index in [1.807, 2.05) is 57.2 Å². The third kappa shape index (κ3) is 5.34. The van der Waals surface area contributed by atoms with Gasteiger partial charge < -0.3 is 20.4 Å². The Morgan fingerprint density at radius 3 is 2.57 bits per heavy atom. The Bertz CT molecular complexity index is 795. The number of aryl methyl sites for hydroxylation is 1. The van der Waals surface area contributed by atoms with Crippen LogP contribution in [0.15, 0.2) is 41.4 Å². The van der Waals surface area contributed by atoms with Gasteiger partial charge in [-0.3, -0.25) is 4.99 Å². The van der Waals surface area contributed by atoms with Gasteiger partial charge >= 0.3 is 0 Å². The van der Waals surface area contributed by atoms with Crippen LogP contribution in [0.3, 0.4) is 0 Å². The first-order chi connectivity index (χ1) is 13.5. The van der Waals surface area contributed by atoms with E-state index in [2.05, 4.69) is 42.6 Å². The molecule has 3 heterocycles. The van der Waals surface area contributed by atoms with Crippen LogP contribution in [0.4, 0.5) is 11.6 Å². The lowest BCUT2D eigenvalue weighted by molar-refractivity contribution is 0.459. The number of rotatable bonds is 5. The van der Waals surface area contributed by atoms with Crippen LogP contribution < -0.4 is 20.4 Å². The highest BCUT2D eigenvalue weighted by Crippen LogP contribution is 2.18. The predicted molar refractivity (Wildman–Crippen MR) is 116 cm³/mol. The molecule has 2 aromatic rings. The van der Waals surface area contributed by atoms with Crippen molar-refractivity contribution in [1.29, 1.82) is 0 Å². The van der Waals surface area contributed by atoms with Gasteiger partial charge in [0.2, 0.25) is 0 Å². The van der Waals surface area contributed by atoms with E-state index in [0.717, 1.165) is 54.9 Å². The zero-order valence-corrected chi connectivity index (χ0v) is 17.3. The molecule has 1 aliphatic heterocycles. The molecule has 0 radical (unpaired) electrons. The van der Waals surface area contributed by atoms with Crippen molar-refractivity contribution < 1.29 is 0 Å². The first kappa shape index (κ1) is 19.9. The maximum Gasteiger partial charge on any atom is 0.191 e. The largest absolute Gasteiger partial charge is 0.363 e. The Balaban J connectivity index is 1.49. The highest BCUT2D eigenvalue weighted by Gasteiger charge is 2.21. The van der Waals surface area contributed by atoms with Crippen LogP contribution in [0.5, 0.6) is 0 Å². The SMILES string of the molecule is CN=C(NCc1cccc(N(C)C)n1)NC1CCN(c2cccc(C)n2)CC1. The van der Waals surface area contributed by atoms with Crippen LogP contribution in [-0.4, -0.2) is 56.2 Å². The minimum absolute atomic E-state index is 0.410. The molecule has 0 bridgehead atoms. The molecule has 0 spiro atoms. The van der Waals surface area contributed by atoms with Crippen LogP contribution in [0.1, 0.15) is 24.2 Å². The lowest BCUT2D eigenvalue weighted by Gasteiger charge is -2.34. The number of nitrogens with zero attached hydrogens (tertiary/aromatic N) is 5. The molecule has 0 atom stereocenters. The van der Waals surface area contributed by atoms with Gasteiger partial charge in [-0.25, -0.2) is 9.97 Å². The summed E-state index contributed by atoms with van der Waals surface area (Å²) in [6.07, 6.45) is 2.12. The summed E-state index contributed by atoms with van der Waals surface area (Å²) in [6.45, 7) is 4.68. The third-order valence-corrected chi connectivity index (χ3v) is 4.94. The van der Waals surface area contributed by atoms with Crippen LogP contribution in [0.25, 0.3) is 0 Å². The Labute approximate surface area is 167 Å². The monoisotopic (exact) mass is 381 g/mol. The Hall–Kier alpha value is -2.83. The quantitative estimate of drug-likeness (QED) is 0.611. The second kappa shape index (κ2) is 9.39. The molecule has 2 N–H and O–H groups in total. The van der Waals surface area contributed by atoms with Crippen molar-refractivity contribution in [3.63, 3.8) is 0 Å². The summed E-state index contributed by atoms with van der Waals surface area (Å²) >= 11 is 0. The van der Waals surface area contributed by atoms with Crippen molar-refractivity contribution in [3.8, 4) is 0 Å². The lowest BCUT2D eigenvalue weighted by Crippen LogP contribution is -2.48. The summed E-state index contributed by atoms with van der Waals surface area (Å²) in [6, 6.07) is 12.7. The molecule has 0 unspecified atom stereocenters. The molecule has 1 saturated heterocycles. The van der Waals surface area contributed by atoms with Crippen molar-refractivity contribution in [2.45, 2.75) is 32.4 Å². The molecule has 1 aliphatic rings. The standard InChI is InChI=1S/C21H31N7/c1-16-7-5-10-20(24-16)28-13-11-17(12-14-28)26-21(22-2)23-15-18-8-6-9-19(25-18)27(3)4/h5-10,17H,11-15H2,1-4H3,(H2,22,23,26). The molecule has 7 nitrogen and oxygen atoms in total. The number of aliphatic imine (C=N–C) groups is 1. The number of hydrogen-bond acceptors (Lipinski definition) is 5. The van der Waals surface area contributed by atoms with E-state index in [9.17, 15) is 0 Å². The molecule has 28 heavy (non-hydrogen) atoms. The fourth-order valence-corrected chi connectivity index (χ4v) is 3.33. The van der Waals surface area contributed by atoms with Gasteiger partial charge in [-0.2, -0.15) is 0 Å². The molecular weight excluding hydrogens is 350 g/mol. The number of pyridine rings is 2. The molecule has 0 saturated carbocycles. The van der Waals surface area contributed by atoms with Gasteiger partial charge in [-0.15, -0.1) is 0 Å². The van der Waals surface area contributed by atoms with E-state index in [1.54, 1.807) is 0 Å². The molecule has 150 valence electrons. The second-order valence-electron chi connectivity index (χ2n) is 7.35. The molecule has 0 aliphatic carbocycles. The van der Waals surface area contributed by atoms with Gasteiger partial charge in [0.15, 0.2) is 5.96 Å². The van der Waals surface area contributed by atoms with Crippen molar-refractivity contribution in [1.82, 2.24) is 20.6 Å². The highest BCUT2D eigenvalue weighted by atomic mass is 15.2. The number of hydrogen-bond donors (Lipinski definition) is 2. The van der Waals surface area contributed by atoms with E-state index in [0.29, 0.717) is 12.6 Å². The topological polar surface area (TPSA) is 68.7 Å². The molecule has 3 rings (SSSR count). The highest BCUT2D eigenvalue weighted by molar-refractivity contribution is 5.79. The van der Waals surface area contributed by atoms with Gasteiger partial charge in [-0.05, 0) is 44.0 Å². The third-order valence-electron chi connectivity index (χ3n) is 4.94. The maximum atomic E-state index is 4.64. The Morgan fingerprint density at radius 2 is 1.89 bits per heavy atom. The summed E-state index contributed by atoms with van der Waals surface area (Å²) in [7, 11) is 5.81. The van der Waals surface area contributed by atoms with E-state index in [-0.39, 0.29) is 0 Å². The Kier molecular flexibility index (Phi) is 6.68. The van der Waals surface area contributed by atoms with E-state index < -0.39 is 0 Å². The van der Waals surface area contributed by atoms with E-state index >= 15 is 0 Å². The van der Waals surface area contributed by atoms with Crippen LogP contribution in [0.2, 0.25) is 0 Å². The molecular formula is C21H31N7. The number of guanidine groups is 1. The number of anilines is 2. The smallest absolute Gasteiger partial charge is 0.191 e. The van der Waals surface area contributed by atoms with Crippen molar-refractivity contribution >= 4 is 17.6 Å². The number of aromatic nitrogens is 2. The summed E-state index contributed by atoms with van der Waals surface area (Å²) in [5, 5.41) is 6.93.